The van der Waals surface area contributed by atoms with Gasteiger partial charge in [0.1, 0.15) is 13.2 Å². The highest BCUT2D eigenvalue weighted by molar-refractivity contribution is 5.92. The maximum atomic E-state index is 12.5. The monoisotopic (exact) mass is 389 g/mol. The number of aromatic nitrogens is 3. The molecule has 0 atom stereocenters. The van der Waals surface area contributed by atoms with E-state index in [2.05, 4.69) is 21.5 Å². The molecule has 0 bridgehead atoms. The summed E-state index contributed by atoms with van der Waals surface area (Å²) in [7, 11) is 0. The Hall–Kier alpha value is -3.87. The Balaban J connectivity index is 1.82. The normalized spacial score (nSPS) is 10.2. The number of rotatable bonds is 7. The van der Waals surface area contributed by atoms with Crippen LogP contribution in [-0.4, -0.2) is 40.1 Å². The highest BCUT2D eigenvalue weighted by Gasteiger charge is 2.15. The molecule has 0 fully saturated rings. The number of carbonyl (C=O) groups excluding carboxylic acids is 2. The summed E-state index contributed by atoms with van der Waals surface area (Å²) in [4.78, 5) is 37.1. The Morgan fingerprint density at radius 1 is 0.862 bits per heavy atom. The maximum Gasteiger partial charge on any atom is 0.338 e. The second-order valence-electron chi connectivity index (χ2n) is 6.11. The summed E-state index contributed by atoms with van der Waals surface area (Å²) in [5, 5.41) is 0. The van der Waals surface area contributed by atoms with Crippen molar-refractivity contribution in [2.75, 3.05) is 13.2 Å². The fraction of sp³-hybridized carbons (Fsp3) is 0.136. The number of carbonyl (C=O) groups is 2. The highest BCUT2D eigenvalue weighted by Crippen LogP contribution is 2.23. The molecule has 0 saturated heterocycles. The van der Waals surface area contributed by atoms with Gasteiger partial charge in [-0.15, -0.1) is 0 Å². The number of pyridine rings is 3. The molecule has 29 heavy (non-hydrogen) atoms. The number of nitrogens with zero attached hydrogens (tertiary/aromatic N) is 3. The summed E-state index contributed by atoms with van der Waals surface area (Å²) in [5.74, 6) is -1.09. The van der Waals surface area contributed by atoms with E-state index < -0.39 is 11.9 Å². The first-order chi connectivity index (χ1) is 14.0. The molecule has 3 aromatic heterocycles. The minimum Gasteiger partial charge on any atom is -0.459 e. The zero-order chi connectivity index (χ0) is 20.6. The molecular formula is C22H19N3O4. The Labute approximate surface area is 168 Å². The van der Waals surface area contributed by atoms with Crippen LogP contribution in [0.2, 0.25) is 0 Å². The van der Waals surface area contributed by atoms with Crippen molar-refractivity contribution >= 4 is 11.9 Å². The first-order valence-electron chi connectivity index (χ1n) is 8.89. The number of esters is 2. The van der Waals surface area contributed by atoms with Gasteiger partial charge in [-0.2, -0.15) is 0 Å². The molecule has 146 valence electrons. The summed E-state index contributed by atoms with van der Waals surface area (Å²) < 4.78 is 10.2. The standard InChI is InChI=1S/C22H19N3O4/c1-15(2)21(26)28-11-12-29-22(27)16-13-19(17-7-3-5-9-23-17)25-20(14-16)18-8-4-6-10-24-18/h3-10,13-14H,1,11-12H2,2H3. The van der Waals surface area contributed by atoms with Crippen molar-refractivity contribution in [1.29, 1.82) is 0 Å². The molecule has 0 aliphatic carbocycles. The smallest absolute Gasteiger partial charge is 0.338 e. The summed E-state index contributed by atoms with van der Waals surface area (Å²) >= 11 is 0. The lowest BCUT2D eigenvalue weighted by Crippen LogP contribution is -2.14. The molecule has 3 rings (SSSR count). The predicted molar refractivity (Wildman–Crippen MR) is 107 cm³/mol. The number of hydrogen-bond donors (Lipinski definition) is 0. The molecule has 7 heteroatoms. The molecule has 0 N–H and O–H groups in total. The number of hydrogen-bond acceptors (Lipinski definition) is 7. The Morgan fingerprint density at radius 3 is 1.90 bits per heavy atom. The van der Waals surface area contributed by atoms with Gasteiger partial charge in [-0.25, -0.2) is 14.6 Å². The van der Waals surface area contributed by atoms with Crippen molar-refractivity contribution in [2.45, 2.75) is 6.92 Å². The van der Waals surface area contributed by atoms with E-state index in [1.54, 1.807) is 55.7 Å². The molecule has 0 amide bonds. The van der Waals surface area contributed by atoms with E-state index in [4.69, 9.17) is 9.47 Å². The van der Waals surface area contributed by atoms with Gasteiger partial charge in [0, 0.05) is 18.0 Å². The lowest BCUT2D eigenvalue weighted by Gasteiger charge is -2.09. The quantitative estimate of drug-likeness (QED) is 0.347. The van der Waals surface area contributed by atoms with Gasteiger partial charge < -0.3 is 9.47 Å². The molecular weight excluding hydrogens is 370 g/mol. The van der Waals surface area contributed by atoms with Crippen LogP contribution in [0.3, 0.4) is 0 Å². The van der Waals surface area contributed by atoms with Crippen molar-refractivity contribution in [3.05, 3.63) is 78.6 Å². The zero-order valence-electron chi connectivity index (χ0n) is 15.9. The molecule has 0 saturated carbocycles. The van der Waals surface area contributed by atoms with Crippen LogP contribution < -0.4 is 0 Å². The highest BCUT2D eigenvalue weighted by atomic mass is 16.6. The van der Waals surface area contributed by atoms with Gasteiger partial charge in [-0.05, 0) is 43.3 Å². The fourth-order valence-corrected chi connectivity index (χ4v) is 2.41. The average molecular weight is 389 g/mol. The van der Waals surface area contributed by atoms with E-state index in [1.165, 1.54) is 0 Å². The van der Waals surface area contributed by atoms with E-state index in [1.807, 2.05) is 12.1 Å². The topological polar surface area (TPSA) is 91.3 Å². The van der Waals surface area contributed by atoms with Crippen LogP contribution in [0.1, 0.15) is 17.3 Å². The molecule has 7 nitrogen and oxygen atoms in total. The fourth-order valence-electron chi connectivity index (χ4n) is 2.41. The number of ether oxygens (including phenoxy) is 2. The van der Waals surface area contributed by atoms with Crippen molar-refractivity contribution in [1.82, 2.24) is 15.0 Å². The first kappa shape index (κ1) is 19.9. The second kappa shape index (κ2) is 9.36. The third-order valence-corrected chi connectivity index (χ3v) is 3.81. The van der Waals surface area contributed by atoms with Gasteiger partial charge in [-0.3, -0.25) is 9.97 Å². The third kappa shape index (κ3) is 5.32. The maximum absolute atomic E-state index is 12.5. The van der Waals surface area contributed by atoms with Gasteiger partial charge in [0.25, 0.3) is 0 Å². The van der Waals surface area contributed by atoms with E-state index in [-0.39, 0.29) is 18.8 Å². The minimum absolute atomic E-state index is 0.0529. The van der Waals surface area contributed by atoms with Crippen LogP contribution in [0.5, 0.6) is 0 Å². The summed E-state index contributed by atoms with van der Waals surface area (Å²) in [6, 6.07) is 14.1. The van der Waals surface area contributed by atoms with E-state index in [0.717, 1.165) is 0 Å². The first-order valence-corrected chi connectivity index (χ1v) is 8.89. The van der Waals surface area contributed by atoms with Crippen LogP contribution >= 0.6 is 0 Å². The SMILES string of the molecule is C=C(C)C(=O)OCCOC(=O)c1cc(-c2ccccn2)nc(-c2ccccn2)c1. The van der Waals surface area contributed by atoms with Gasteiger partial charge in [-0.1, -0.05) is 18.7 Å². The Bertz CT molecular complexity index is 963. The van der Waals surface area contributed by atoms with E-state index in [0.29, 0.717) is 28.3 Å². The van der Waals surface area contributed by atoms with E-state index >= 15 is 0 Å². The molecule has 3 heterocycles. The summed E-state index contributed by atoms with van der Waals surface area (Å²) in [6.07, 6.45) is 3.30. The summed E-state index contributed by atoms with van der Waals surface area (Å²) in [6.45, 7) is 4.91. The molecule has 0 spiro atoms. The van der Waals surface area contributed by atoms with Crippen LogP contribution in [0, 0.1) is 0 Å². The van der Waals surface area contributed by atoms with Crippen LogP contribution in [0.15, 0.2) is 73.1 Å². The van der Waals surface area contributed by atoms with Crippen LogP contribution in [-0.2, 0) is 14.3 Å². The van der Waals surface area contributed by atoms with Gasteiger partial charge in [0.05, 0.1) is 28.3 Å². The van der Waals surface area contributed by atoms with Gasteiger partial charge >= 0.3 is 11.9 Å². The van der Waals surface area contributed by atoms with Gasteiger partial charge in [0.15, 0.2) is 0 Å². The molecule has 0 aliphatic heterocycles. The lowest BCUT2D eigenvalue weighted by molar-refractivity contribution is -0.140. The van der Waals surface area contributed by atoms with Crippen molar-refractivity contribution in [3.63, 3.8) is 0 Å². The van der Waals surface area contributed by atoms with Crippen LogP contribution in [0.25, 0.3) is 22.8 Å². The minimum atomic E-state index is -0.562. The molecule has 0 aliphatic rings. The third-order valence-electron chi connectivity index (χ3n) is 3.81. The second-order valence-corrected chi connectivity index (χ2v) is 6.11. The Morgan fingerprint density at radius 2 is 1.41 bits per heavy atom. The lowest BCUT2D eigenvalue weighted by atomic mass is 10.1. The Kier molecular flexibility index (Phi) is 6.42. The summed E-state index contributed by atoms with van der Waals surface area (Å²) in [5.41, 5.74) is 2.87. The van der Waals surface area contributed by atoms with Crippen molar-refractivity contribution < 1.29 is 19.1 Å². The molecule has 3 aromatic rings. The predicted octanol–water partition coefficient (Wildman–Crippen LogP) is 3.48. The average Bonchev–Trinajstić information content (AvgIpc) is 2.77. The molecule has 0 unspecified atom stereocenters. The largest absolute Gasteiger partial charge is 0.459 e. The van der Waals surface area contributed by atoms with Crippen molar-refractivity contribution in [3.8, 4) is 22.8 Å². The van der Waals surface area contributed by atoms with Crippen molar-refractivity contribution in [2.24, 2.45) is 0 Å². The van der Waals surface area contributed by atoms with Crippen LogP contribution in [0.4, 0.5) is 0 Å². The molecule has 0 aromatic carbocycles. The molecule has 0 radical (unpaired) electrons. The zero-order valence-corrected chi connectivity index (χ0v) is 15.9. The van der Waals surface area contributed by atoms with E-state index in [9.17, 15) is 9.59 Å². The van der Waals surface area contributed by atoms with Gasteiger partial charge in [0.2, 0.25) is 0 Å².